The minimum atomic E-state index is -0.464. The molecule has 19 heavy (non-hydrogen) atoms. The van der Waals surface area contributed by atoms with E-state index in [1.54, 1.807) is 12.1 Å². The fourth-order valence-electron chi connectivity index (χ4n) is 1.41. The summed E-state index contributed by atoms with van der Waals surface area (Å²) in [5, 5.41) is 3.48. The zero-order chi connectivity index (χ0) is 14.0. The van der Waals surface area contributed by atoms with Crippen molar-refractivity contribution in [2.45, 2.75) is 0 Å². The summed E-state index contributed by atoms with van der Waals surface area (Å²) < 4.78 is 0. The highest BCUT2D eigenvalue weighted by Crippen LogP contribution is 2.26. The van der Waals surface area contributed by atoms with Crippen LogP contribution in [0.25, 0.3) is 0 Å². The van der Waals surface area contributed by atoms with E-state index in [-0.39, 0.29) is 10.7 Å². The zero-order valence-corrected chi connectivity index (χ0v) is 11.7. The number of carbonyl (C=O) groups is 1. The van der Waals surface area contributed by atoms with Gasteiger partial charge in [-0.2, -0.15) is 0 Å². The quantitative estimate of drug-likeness (QED) is 0.826. The van der Waals surface area contributed by atoms with Crippen LogP contribution in [0.1, 0.15) is 10.4 Å². The third-order valence-corrected chi connectivity index (χ3v) is 3.15. The van der Waals surface area contributed by atoms with Crippen LogP contribution in [-0.4, -0.2) is 10.9 Å². The van der Waals surface area contributed by atoms with Crippen molar-refractivity contribution in [2.75, 3.05) is 11.1 Å². The summed E-state index contributed by atoms with van der Waals surface area (Å²) >= 11 is 17.6. The van der Waals surface area contributed by atoms with Crippen molar-refractivity contribution in [3.63, 3.8) is 0 Å². The molecule has 4 nitrogen and oxygen atoms in total. The van der Waals surface area contributed by atoms with Gasteiger partial charge in [0.1, 0.15) is 5.15 Å². The molecule has 2 rings (SSSR count). The molecule has 0 spiro atoms. The molecule has 0 fully saturated rings. The first-order chi connectivity index (χ1) is 8.97. The van der Waals surface area contributed by atoms with Crippen LogP contribution < -0.4 is 11.1 Å². The lowest BCUT2D eigenvalue weighted by molar-refractivity contribution is 0.102. The number of halogens is 3. The second-order valence-corrected chi connectivity index (χ2v) is 4.89. The molecule has 2 aromatic rings. The normalized spacial score (nSPS) is 10.3. The Morgan fingerprint density at radius 3 is 2.68 bits per heavy atom. The lowest BCUT2D eigenvalue weighted by Gasteiger charge is -2.09. The van der Waals surface area contributed by atoms with Gasteiger partial charge in [-0.25, -0.2) is 4.98 Å². The van der Waals surface area contributed by atoms with Gasteiger partial charge in [0, 0.05) is 5.02 Å². The molecule has 0 aliphatic heterocycles. The average Bonchev–Trinajstić information content (AvgIpc) is 2.36. The van der Waals surface area contributed by atoms with Gasteiger partial charge in [0.25, 0.3) is 5.91 Å². The van der Waals surface area contributed by atoms with Crippen LogP contribution in [0.15, 0.2) is 30.5 Å². The van der Waals surface area contributed by atoms with E-state index in [0.29, 0.717) is 21.4 Å². The molecule has 3 N–H and O–H groups in total. The Kier molecular flexibility index (Phi) is 4.14. The van der Waals surface area contributed by atoms with Gasteiger partial charge in [0.2, 0.25) is 0 Å². The number of anilines is 2. The molecule has 98 valence electrons. The summed E-state index contributed by atoms with van der Waals surface area (Å²) in [6.07, 6.45) is 1.37. The number of nitrogens with one attached hydrogen (secondary N) is 1. The second kappa shape index (κ2) is 5.65. The molecule has 1 aromatic heterocycles. The molecule has 0 saturated carbocycles. The number of nitrogens with two attached hydrogens (primary N) is 1. The molecule has 1 amide bonds. The number of nitrogen functional groups attached to an aromatic ring is 1. The fourth-order valence-corrected chi connectivity index (χ4v) is 1.93. The van der Waals surface area contributed by atoms with Crippen molar-refractivity contribution < 1.29 is 4.79 Å². The van der Waals surface area contributed by atoms with Crippen LogP contribution in [0, 0.1) is 0 Å². The first kappa shape index (κ1) is 13.9. The zero-order valence-electron chi connectivity index (χ0n) is 9.45. The topological polar surface area (TPSA) is 68.0 Å². The molecule has 1 aromatic carbocycles. The third kappa shape index (κ3) is 3.29. The number of carbonyl (C=O) groups excluding carboxylic acids is 1. The summed E-state index contributed by atoms with van der Waals surface area (Å²) in [4.78, 5) is 15.9. The Bertz CT molecular complexity index is 646. The molecule has 0 unspecified atom stereocenters. The summed E-state index contributed by atoms with van der Waals surface area (Å²) in [5.41, 5.74) is 6.46. The van der Waals surface area contributed by atoms with Crippen LogP contribution in [0.5, 0.6) is 0 Å². The highest BCUT2D eigenvalue weighted by atomic mass is 35.5. The van der Waals surface area contributed by atoms with Gasteiger partial charge in [-0.05, 0) is 24.3 Å². The predicted molar refractivity (Wildman–Crippen MR) is 78.1 cm³/mol. The van der Waals surface area contributed by atoms with Gasteiger partial charge in [0.15, 0.2) is 0 Å². The first-order valence-corrected chi connectivity index (χ1v) is 6.28. The van der Waals surface area contributed by atoms with Crippen LogP contribution in [0.4, 0.5) is 11.4 Å². The Balaban J connectivity index is 2.30. The van der Waals surface area contributed by atoms with Crippen molar-refractivity contribution in [3.8, 4) is 0 Å². The minimum absolute atomic E-state index is 0.0600. The second-order valence-electron chi connectivity index (χ2n) is 3.69. The molecular formula is C12H8Cl3N3O. The fraction of sp³-hybridized carbons (Fsp3) is 0. The van der Waals surface area contributed by atoms with Gasteiger partial charge < -0.3 is 11.1 Å². The van der Waals surface area contributed by atoms with Crippen LogP contribution >= 0.6 is 34.8 Å². The number of hydrogen-bond acceptors (Lipinski definition) is 3. The molecule has 0 saturated heterocycles. The van der Waals surface area contributed by atoms with Crippen LogP contribution in [-0.2, 0) is 0 Å². The molecule has 1 heterocycles. The maximum atomic E-state index is 12.1. The molecule has 7 heteroatoms. The largest absolute Gasteiger partial charge is 0.397 e. The van der Waals surface area contributed by atoms with Crippen molar-refractivity contribution in [3.05, 3.63) is 51.2 Å². The predicted octanol–water partition coefficient (Wildman–Crippen LogP) is 3.88. The highest BCUT2D eigenvalue weighted by Gasteiger charge is 2.13. The number of rotatable bonds is 2. The summed E-state index contributed by atoms with van der Waals surface area (Å²) in [7, 11) is 0. The lowest BCUT2D eigenvalue weighted by atomic mass is 10.2. The first-order valence-electron chi connectivity index (χ1n) is 5.15. The Hall–Kier alpha value is -1.49. The van der Waals surface area contributed by atoms with Crippen molar-refractivity contribution in [1.82, 2.24) is 4.98 Å². The number of nitrogens with zero attached hydrogens (tertiary/aromatic N) is 1. The lowest BCUT2D eigenvalue weighted by Crippen LogP contribution is -2.13. The van der Waals surface area contributed by atoms with Gasteiger partial charge in [-0.15, -0.1) is 0 Å². The average molecular weight is 317 g/mol. The van der Waals surface area contributed by atoms with Crippen molar-refractivity contribution in [2.24, 2.45) is 0 Å². The van der Waals surface area contributed by atoms with Crippen LogP contribution in [0.3, 0.4) is 0 Å². The minimum Gasteiger partial charge on any atom is -0.397 e. The van der Waals surface area contributed by atoms with Gasteiger partial charge in [-0.3, -0.25) is 4.79 Å². The van der Waals surface area contributed by atoms with E-state index in [4.69, 9.17) is 40.5 Å². The summed E-state index contributed by atoms with van der Waals surface area (Å²) in [6, 6.07) is 6.17. The van der Waals surface area contributed by atoms with E-state index in [0.717, 1.165) is 0 Å². The monoisotopic (exact) mass is 315 g/mol. The standard InChI is InChI=1S/C12H8Cl3N3O/c13-6-1-2-9(14)10(3-6)18-12(19)8-4-7(16)5-17-11(8)15/h1-5H,16H2,(H,18,19). The van der Waals surface area contributed by atoms with E-state index in [9.17, 15) is 4.79 Å². The molecule has 0 atom stereocenters. The van der Waals surface area contributed by atoms with Crippen molar-refractivity contribution in [1.29, 1.82) is 0 Å². The maximum absolute atomic E-state index is 12.1. The number of pyridine rings is 1. The Morgan fingerprint density at radius 1 is 1.21 bits per heavy atom. The van der Waals surface area contributed by atoms with E-state index in [1.807, 2.05) is 0 Å². The van der Waals surface area contributed by atoms with Gasteiger partial charge in [0.05, 0.1) is 28.2 Å². The Labute approximate surface area is 124 Å². The van der Waals surface area contributed by atoms with Crippen molar-refractivity contribution >= 4 is 52.1 Å². The van der Waals surface area contributed by atoms with Gasteiger partial charge >= 0.3 is 0 Å². The highest BCUT2D eigenvalue weighted by molar-refractivity contribution is 6.36. The number of hydrogen-bond donors (Lipinski definition) is 2. The number of aromatic nitrogens is 1. The Morgan fingerprint density at radius 2 is 1.95 bits per heavy atom. The molecule has 0 aliphatic rings. The van der Waals surface area contributed by atoms with E-state index in [1.165, 1.54) is 18.3 Å². The molecular weight excluding hydrogens is 309 g/mol. The molecule has 0 bridgehead atoms. The number of amides is 1. The molecule has 0 radical (unpaired) electrons. The summed E-state index contributed by atoms with van der Waals surface area (Å²) in [6.45, 7) is 0. The van der Waals surface area contributed by atoms with Gasteiger partial charge in [-0.1, -0.05) is 34.8 Å². The number of benzene rings is 1. The SMILES string of the molecule is Nc1cnc(Cl)c(C(=O)Nc2cc(Cl)ccc2Cl)c1. The van der Waals surface area contributed by atoms with Crippen LogP contribution in [0.2, 0.25) is 15.2 Å². The maximum Gasteiger partial charge on any atom is 0.258 e. The summed E-state index contributed by atoms with van der Waals surface area (Å²) in [5.74, 6) is -0.464. The third-order valence-electron chi connectivity index (χ3n) is 2.28. The van der Waals surface area contributed by atoms with E-state index < -0.39 is 5.91 Å². The van der Waals surface area contributed by atoms with E-state index >= 15 is 0 Å². The van der Waals surface area contributed by atoms with E-state index in [2.05, 4.69) is 10.3 Å². The smallest absolute Gasteiger partial charge is 0.258 e. The molecule has 0 aliphatic carbocycles.